The third kappa shape index (κ3) is 4.98. The highest BCUT2D eigenvalue weighted by Gasteiger charge is 2.16. The number of nitrogens with zero attached hydrogens (tertiary/aromatic N) is 2. The molecule has 1 amide bonds. The van der Waals surface area contributed by atoms with Crippen LogP contribution in [0.5, 0.6) is 5.75 Å². The Morgan fingerprint density at radius 3 is 2.54 bits per heavy atom. The van der Waals surface area contributed by atoms with Crippen molar-refractivity contribution in [3.05, 3.63) is 48.2 Å². The Hall–Kier alpha value is -2.56. The molecule has 0 fully saturated rings. The Labute approximate surface area is 144 Å². The topological polar surface area (TPSA) is 49.9 Å². The smallest absolute Gasteiger partial charge is 0.223 e. The van der Waals surface area contributed by atoms with E-state index in [9.17, 15) is 9.59 Å². The lowest BCUT2D eigenvalue weighted by Gasteiger charge is -2.25. The fraction of sp³-hybridized carbons (Fsp3) is 0.368. The zero-order valence-electron chi connectivity index (χ0n) is 14.9. The molecular weight excluding hydrogens is 304 g/mol. The number of ether oxygens (including phenoxy) is 1. The highest BCUT2D eigenvalue weighted by atomic mass is 16.5. The van der Waals surface area contributed by atoms with E-state index < -0.39 is 0 Å². The Bertz CT molecular complexity index is 621. The summed E-state index contributed by atoms with van der Waals surface area (Å²) in [4.78, 5) is 26.3. The van der Waals surface area contributed by atoms with Gasteiger partial charge in [-0.2, -0.15) is 0 Å². The third-order valence-electron chi connectivity index (χ3n) is 3.77. The zero-order valence-corrected chi connectivity index (χ0v) is 14.9. The Morgan fingerprint density at radius 2 is 2.04 bits per heavy atom. The van der Waals surface area contributed by atoms with Crippen molar-refractivity contribution >= 4 is 17.9 Å². The van der Waals surface area contributed by atoms with Crippen LogP contribution >= 0.6 is 0 Å². The van der Waals surface area contributed by atoms with Crippen LogP contribution < -0.4 is 4.74 Å². The minimum absolute atomic E-state index is 0.0144. The zero-order chi connectivity index (χ0) is 18.1. The molecule has 1 aromatic carbocycles. The average molecular weight is 330 g/mol. The van der Waals surface area contributed by atoms with Crippen LogP contribution in [0.15, 0.2) is 37.1 Å². The van der Waals surface area contributed by atoms with Crippen molar-refractivity contribution < 1.29 is 14.3 Å². The number of aryl methyl sites for hydroxylation is 1. The van der Waals surface area contributed by atoms with Crippen molar-refractivity contribution in [1.29, 1.82) is 0 Å². The fourth-order valence-electron chi connectivity index (χ4n) is 2.32. The SMILES string of the molecule is C=CN(CCC(=O)N(C)C)/C(=C\C=O)c1ccc(CC)cc1OC. The highest BCUT2D eigenvalue weighted by Crippen LogP contribution is 2.30. The number of amides is 1. The molecular formula is C19H26N2O3. The standard InChI is InChI=1S/C19H26N2O3/c1-6-15-8-9-16(18(14-15)24-5)17(11-13-22)21(7-2)12-10-19(23)20(3)4/h7-9,11,13-14H,2,6,10,12H2,1,3-5H3/b17-11-. The van der Waals surface area contributed by atoms with E-state index in [0.29, 0.717) is 24.4 Å². The second kappa shape index (κ2) is 9.55. The van der Waals surface area contributed by atoms with Gasteiger partial charge in [-0.3, -0.25) is 9.59 Å². The molecule has 0 saturated carbocycles. The highest BCUT2D eigenvalue weighted by molar-refractivity contribution is 5.83. The van der Waals surface area contributed by atoms with Gasteiger partial charge in [0.05, 0.1) is 12.8 Å². The maximum atomic E-state index is 11.8. The van der Waals surface area contributed by atoms with Gasteiger partial charge in [-0.15, -0.1) is 0 Å². The van der Waals surface area contributed by atoms with Crippen LogP contribution in [0, 0.1) is 0 Å². The van der Waals surface area contributed by atoms with Gasteiger partial charge >= 0.3 is 0 Å². The van der Waals surface area contributed by atoms with Crippen LogP contribution in [0.2, 0.25) is 0 Å². The number of carbonyl (C=O) groups is 2. The first-order valence-electron chi connectivity index (χ1n) is 7.90. The molecule has 5 nitrogen and oxygen atoms in total. The third-order valence-corrected chi connectivity index (χ3v) is 3.77. The molecule has 1 rings (SSSR count). The molecule has 0 spiro atoms. The summed E-state index contributed by atoms with van der Waals surface area (Å²) in [7, 11) is 5.04. The average Bonchev–Trinajstić information content (AvgIpc) is 2.60. The van der Waals surface area contributed by atoms with E-state index >= 15 is 0 Å². The van der Waals surface area contributed by atoms with E-state index in [2.05, 4.69) is 13.5 Å². The van der Waals surface area contributed by atoms with Gasteiger partial charge in [-0.05, 0) is 30.3 Å². The summed E-state index contributed by atoms with van der Waals surface area (Å²) < 4.78 is 5.48. The predicted octanol–water partition coefficient (Wildman–Crippen LogP) is 2.72. The van der Waals surface area contributed by atoms with Crippen molar-refractivity contribution in [2.75, 3.05) is 27.7 Å². The van der Waals surface area contributed by atoms with E-state index in [1.165, 1.54) is 6.08 Å². The molecule has 1 aromatic rings. The largest absolute Gasteiger partial charge is 0.496 e. The Balaban J connectivity index is 3.17. The number of benzene rings is 1. The van der Waals surface area contributed by atoms with Crippen LogP contribution in [-0.2, 0) is 16.0 Å². The quantitative estimate of drug-likeness (QED) is 0.516. The lowest BCUT2D eigenvalue weighted by Crippen LogP contribution is -2.27. The van der Waals surface area contributed by atoms with Crippen LogP contribution in [0.3, 0.4) is 0 Å². The Morgan fingerprint density at radius 1 is 1.33 bits per heavy atom. The molecule has 0 unspecified atom stereocenters. The molecule has 0 bridgehead atoms. The van der Waals surface area contributed by atoms with Gasteiger partial charge in [-0.25, -0.2) is 0 Å². The monoisotopic (exact) mass is 330 g/mol. The first kappa shape index (κ1) is 19.5. The second-order valence-corrected chi connectivity index (χ2v) is 5.49. The van der Waals surface area contributed by atoms with Gasteiger partial charge < -0.3 is 14.5 Å². The maximum Gasteiger partial charge on any atom is 0.223 e. The molecule has 0 atom stereocenters. The van der Waals surface area contributed by atoms with Crippen molar-refractivity contribution in [3.63, 3.8) is 0 Å². The fourth-order valence-corrected chi connectivity index (χ4v) is 2.32. The molecule has 0 aromatic heterocycles. The Kier molecular flexibility index (Phi) is 7.75. The lowest BCUT2D eigenvalue weighted by molar-refractivity contribution is -0.128. The van der Waals surface area contributed by atoms with Gasteiger partial charge in [0.25, 0.3) is 0 Å². The normalized spacial score (nSPS) is 10.9. The number of rotatable bonds is 9. The summed E-state index contributed by atoms with van der Waals surface area (Å²) >= 11 is 0. The van der Waals surface area contributed by atoms with E-state index in [1.807, 2.05) is 18.2 Å². The molecule has 5 heteroatoms. The molecule has 0 aliphatic rings. The first-order chi connectivity index (χ1) is 11.5. The van der Waals surface area contributed by atoms with Crippen molar-refractivity contribution in [2.45, 2.75) is 19.8 Å². The summed E-state index contributed by atoms with van der Waals surface area (Å²) in [5, 5.41) is 0. The van der Waals surface area contributed by atoms with E-state index in [0.717, 1.165) is 23.8 Å². The van der Waals surface area contributed by atoms with Crippen molar-refractivity contribution in [3.8, 4) is 5.75 Å². The van der Waals surface area contributed by atoms with Gasteiger partial charge in [0.1, 0.15) is 12.0 Å². The summed E-state index contributed by atoms with van der Waals surface area (Å²) in [6.07, 6.45) is 5.03. The van der Waals surface area contributed by atoms with Crippen LogP contribution in [-0.4, -0.2) is 49.7 Å². The maximum absolute atomic E-state index is 11.8. The van der Waals surface area contributed by atoms with Crippen LogP contribution in [0.1, 0.15) is 24.5 Å². The molecule has 130 valence electrons. The minimum Gasteiger partial charge on any atom is -0.496 e. The summed E-state index contributed by atoms with van der Waals surface area (Å²) in [5.74, 6) is 0.703. The molecule has 0 aliphatic carbocycles. The molecule has 0 heterocycles. The molecule has 0 radical (unpaired) electrons. The van der Waals surface area contributed by atoms with Gasteiger partial charge in [0.2, 0.25) is 5.91 Å². The summed E-state index contributed by atoms with van der Waals surface area (Å²) in [6.45, 7) is 6.30. The molecule has 24 heavy (non-hydrogen) atoms. The van der Waals surface area contributed by atoms with Crippen LogP contribution in [0.4, 0.5) is 0 Å². The predicted molar refractivity (Wildman–Crippen MR) is 96.6 cm³/mol. The van der Waals surface area contributed by atoms with E-state index in [4.69, 9.17) is 4.74 Å². The molecule has 0 N–H and O–H groups in total. The van der Waals surface area contributed by atoms with Crippen molar-refractivity contribution in [2.24, 2.45) is 0 Å². The number of methoxy groups -OCH3 is 1. The second-order valence-electron chi connectivity index (χ2n) is 5.49. The molecule has 0 aliphatic heterocycles. The van der Waals surface area contributed by atoms with Crippen molar-refractivity contribution in [1.82, 2.24) is 9.80 Å². The lowest BCUT2D eigenvalue weighted by atomic mass is 10.0. The first-order valence-corrected chi connectivity index (χ1v) is 7.90. The van der Waals surface area contributed by atoms with Gasteiger partial charge in [0, 0.05) is 38.7 Å². The number of carbonyl (C=O) groups excluding carboxylic acids is 2. The molecule has 0 saturated heterocycles. The number of hydrogen-bond acceptors (Lipinski definition) is 4. The summed E-state index contributed by atoms with van der Waals surface area (Å²) in [5.41, 5.74) is 2.60. The van der Waals surface area contributed by atoms with Gasteiger partial charge in [-0.1, -0.05) is 19.6 Å². The number of aldehydes is 1. The minimum atomic E-state index is 0.0144. The number of hydrogen-bond donors (Lipinski definition) is 0. The van der Waals surface area contributed by atoms with E-state index in [1.54, 1.807) is 37.2 Å². The van der Waals surface area contributed by atoms with E-state index in [-0.39, 0.29) is 5.91 Å². The van der Waals surface area contributed by atoms with Gasteiger partial charge in [0.15, 0.2) is 0 Å². The number of allylic oxidation sites excluding steroid dienone is 1. The summed E-state index contributed by atoms with van der Waals surface area (Å²) in [6, 6.07) is 5.89. The van der Waals surface area contributed by atoms with Crippen LogP contribution in [0.25, 0.3) is 5.70 Å².